The van der Waals surface area contributed by atoms with Gasteiger partial charge in [-0.3, -0.25) is 0 Å². The van der Waals surface area contributed by atoms with Crippen LogP contribution >= 0.6 is 0 Å². The predicted molar refractivity (Wildman–Crippen MR) is 53.1 cm³/mol. The lowest BCUT2D eigenvalue weighted by atomic mass is 10.0. The van der Waals surface area contributed by atoms with Crippen molar-refractivity contribution >= 4 is 0 Å². The number of hydrogen-bond donors (Lipinski definition) is 1. The zero-order chi connectivity index (χ0) is 9.84. The molecule has 2 heteroatoms. The van der Waals surface area contributed by atoms with E-state index >= 15 is 0 Å². The Morgan fingerprint density at radius 3 is 2.77 bits per heavy atom. The van der Waals surface area contributed by atoms with Crippen LogP contribution in [0.2, 0.25) is 0 Å². The van der Waals surface area contributed by atoms with Crippen LogP contribution in [0.25, 0.3) is 0 Å². The topological polar surface area (TPSA) is 12.0 Å². The molecule has 0 aliphatic carbocycles. The molecule has 0 aliphatic heterocycles. The minimum atomic E-state index is -0.167. The molecule has 0 saturated heterocycles. The monoisotopic (exact) mass is 179 g/mol. The van der Waals surface area contributed by atoms with E-state index in [2.05, 4.69) is 11.9 Å². The number of halogens is 1. The summed E-state index contributed by atoms with van der Waals surface area (Å²) in [6, 6.07) is 5.11. The van der Waals surface area contributed by atoms with Gasteiger partial charge in [-0.1, -0.05) is 18.2 Å². The highest BCUT2D eigenvalue weighted by molar-refractivity contribution is 5.32. The standard InChI is InChI=1S/C11H14FN/c1-4-11(13-3)9-6-5-7-10(12)8(9)2/h4-7,11,13H,1H2,2-3H3. The van der Waals surface area contributed by atoms with E-state index < -0.39 is 0 Å². The van der Waals surface area contributed by atoms with Gasteiger partial charge in [-0.25, -0.2) is 4.39 Å². The molecular weight excluding hydrogens is 165 g/mol. The first-order valence-corrected chi connectivity index (χ1v) is 4.25. The highest BCUT2D eigenvalue weighted by Crippen LogP contribution is 2.20. The fourth-order valence-corrected chi connectivity index (χ4v) is 1.36. The third-order valence-corrected chi connectivity index (χ3v) is 2.19. The number of nitrogens with one attached hydrogen (secondary N) is 1. The fraction of sp³-hybridized carbons (Fsp3) is 0.273. The van der Waals surface area contributed by atoms with Crippen LogP contribution < -0.4 is 5.32 Å². The minimum absolute atomic E-state index is 0.0238. The Balaban J connectivity index is 3.13. The van der Waals surface area contributed by atoms with Crippen molar-refractivity contribution < 1.29 is 4.39 Å². The molecule has 13 heavy (non-hydrogen) atoms. The van der Waals surface area contributed by atoms with Gasteiger partial charge in [0.25, 0.3) is 0 Å². The summed E-state index contributed by atoms with van der Waals surface area (Å²) in [4.78, 5) is 0. The molecule has 1 atom stereocenters. The molecule has 0 radical (unpaired) electrons. The van der Waals surface area contributed by atoms with E-state index in [1.54, 1.807) is 19.1 Å². The van der Waals surface area contributed by atoms with E-state index in [1.165, 1.54) is 6.07 Å². The molecule has 0 aromatic heterocycles. The van der Waals surface area contributed by atoms with E-state index in [4.69, 9.17) is 0 Å². The van der Waals surface area contributed by atoms with Crippen molar-refractivity contribution in [3.8, 4) is 0 Å². The Morgan fingerprint density at radius 2 is 2.23 bits per heavy atom. The molecule has 0 heterocycles. The minimum Gasteiger partial charge on any atom is -0.310 e. The molecule has 1 aromatic rings. The SMILES string of the molecule is C=CC(NC)c1cccc(F)c1C. The van der Waals surface area contributed by atoms with Crippen LogP contribution in [-0.4, -0.2) is 7.05 Å². The second-order valence-electron chi connectivity index (χ2n) is 2.96. The van der Waals surface area contributed by atoms with Gasteiger partial charge in [0.1, 0.15) is 5.82 Å². The number of benzene rings is 1. The van der Waals surface area contributed by atoms with Crippen molar-refractivity contribution in [3.05, 3.63) is 47.8 Å². The Labute approximate surface area is 78.3 Å². The maximum Gasteiger partial charge on any atom is 0.126 e. The van der Waals surface area contributed by atoms with Gasteiger partial charge in [0.2, 0.25) is 0 Å². The Bertz CT molecular complexity index is 307. The molecule has 0 spiro atoms. The van der Waals surface area contributed by atoms with Gasteiger partial charge in [-0.05, 0) is 31.2 Å². The molecule has 1 rings (SSSR count). The third-order valence-electron chi connectivity index (χ3n) is 2.19. The van der Waals surface area contributed by atoms with Crippen LogP contribution in [-0.2, 0) is 0 Å². The lowest BCUT2D eigenvalue weighted by Gasteiger charge is -2.14. The first-order valence-electron chi connectivity index (χ1n) is 4.25. The van der Waals surface area contributed by atoms with Gasteiger partial charge < -0.3 is 5.32 Å². The first kappa shape index (κ1) is 9.93. The summed E-state index contributed by atoms with van der Waals surface area (Å²) in [5, 5.41) is 3.05. The molecule has 1 aromatic carbocycles. The van der Waals surface area contributed by atoms with Gasteiger partial charge in [0, 0.05) is 0 Å². The van der Waals surface area contributed by atoms with Crippen molar-refractivity contribution in [2.75, 3.05) is 7.05 Å². The second kappa shape index (κ2) is 4.19. The molecule has 0 amide bonds. The fourth-order valence-electron chi connectivity index (χ4n) is 1.36. The highest BCUT2D eigenvalue weighted by Gasteiger charge is 2.09. The zero-order valence-corrected chi connectivity index (χ0v) is 7.97. The van der Waals surface area contributed by atoms with Crippen LogP contribution in [0.5, 0.6) is 0 Å². The average Bonchev–Trinajstić information content (AvgIpc) is 2.14. The number of rotatable bonds is 3. The van der Waals surface area contributed by atoms with Crippen LogP contribution in [0.15, 0.2) is 30.9 Å². The predicted octanol–water partition coefficient (Wildman–Crippen LogP) is 2.58. The largest absolute Gasteiger partial charge is 0.310 e. The van der Waals surface area contributed by atoms with Gasteiger partial charge in [-0.2, -0.15) is 0 Å². The van der Waals surface area contributed by atoms with Crippen LogP contribution in [0, 0.1) is 12.7 Å². The van der Waals surface area contributed by atoms with Crippen molar-refractivity contribution in [1.29, 1.82) is 0 Å². The van der Waals surface area contributed by atoms with Crippen molar-refractivity contribution in [1.82, 2.24) is 5.32 Å². The lowest BCUT2D eigenvalue weighted by molar-refractivity contribution is 0.607. The molecule has 0 fully saturated rings. The third kappa shape index (κ3) is 1.95. The summed E-state index contributed by atoms with van der Waals surface area (Å²) in [6.07, 6.45) is 1.77. The highest BCUT2D eigenvalue weighted by atomic mass is 19.1. The molecule has 0 bridgehead atoms. The van der Waals surface area contributed by atoms with E-state index in [0.29, 0.717) is 5.56 Å². The Kier molecular flexibility index (Phi) is 3.20. The van der Waals surface area contributed by atoms with E-state index in [0.717, 1.165) is 5.56 Å². The Hall–Kier alpha value is -1.15. The van der Waals surface area contributed by atoms with Gasteiger partial charge in [-0.15, -0.1) is 6.58 Å². The van der Waals surface area contributed by atoms with Crippen LogP contribution in [0.1, 0.15) is 17.2 Å². The van der Waals surface area contributed by atoms with Crippen molar-refractivity contribution in [2.24, 2.45) is 0 Å². The quantitative estimate of drug-likeness (QED) is 0.703. The second-order valence-corrected chi connectivity index (χ2v) is 2.96. The maximum atomic E-state index is 13.2. The zero-order valence-electron chi connectivity index (χ0n) is 7.97. The first-order chi connectivity index (χ1) is 6.20. The molecule has 1 N–H and O–H groups in total. The molecule has 1 nitrogen and oxygen atoms in total. The Morgan fingerprint density at radius 1 is 1.54 bits per heavy atom. The average molecular weight is 179 g/mol. The maximum absolute atomic E-state index is 13.2. The molecule has 0 saturated carbocycles. The normalized spacial score (nSPS) is 12.5. The van der Waals surface area contributed by atoms with Gasteiger partial charge >= 0.3 is 0 Å². The van der Waals surface area contributed by atoms with Crippen LogP contribution in [0.3, 0.4) is 0 Å². The van der Waals surface area contributed by atoms with Crippen molar-refractivity contribution in [2.45, 2.75) is 13.0 Å². The van der Waals surface area contributed by atoms with Crippen molar-refractivity contribution in [3.63, 3.8) is 0 Å². The summed E-state index contributed by atoms with van der Waals surface area (Å²) < 4.78 is 13.2. The molecular formula is C11H14FN. The summed E-state index contributed by atoms with van der Waals surface area (Å²) >= 11 is 0. The molecule has 1 unspecified atom stereocenters. The molecule has 0 aliphatic rings. The van der Waals surface area contributed by atoms with Gasteiger partial charge in [0.15, 0.2) is 0 Å². The van der Waals surface area contributed by atoms with Gasteiger partial charge in [0.05, 0.1) is 6.04 Å². The smallest absolute Gasteiger partial charge is 0.126 e. The van der Waals surface area contributed by atoms with E-state index in [9.17, 15) is 4.39 Å². The summed E-state index contributed by atoms with van der Waals surface area (Å²) in [5.41, 5.74) is 1.62. The summed E-state index contributed by atoms with van der Waals surface area (Å²) in [7, 11) is 1.83. The summed E-state index contributed by atoms with van der Waals surface area (Å²) in [6.45, 7) is 5.47. The summed E-state index contributed by atoms with van der Waals surface area (Å²) in [5.74, 6) is -0.167. The number of likely N-dealkylation sites (N-methyl/N-ethyl adjacent to an activating group) is 1. The number of hydrogen-bond acceptors (Lipinski definition) is 1. The van der Waals surface area contributed by atoms with E-state index in [-0.39, 0.29) is 11.9 Å². The van der Waals surface area contributed by atoms with E-state index in [1.807, 2.05) is 13.1 Å². The molecule has 70 valence electrons. The lowest BCUT2D eigenvalue weighted by Crippen LogP contribution is -2.15. The van der Waals surface area contributed by atoms with Crippen LogP contribution in [0.4, 0.5) is 4.39 Å².